The lowest BCUT2D eigenvalue weighted by Gasteiger charge is -2.32. The van der Waals surface area contributed by atoms with E-state index in [1.165, 1.54) is 19.2 Å². The predicted molar refractivity (Wildman–Crippen MR) is 87.1 cm³/mol. The Morgan fingerprint density at radius 2 is 2.20 bits per heavy atom. The summed E-state index contributed by atoms with van der Waals surface area (Å²) in [4.78, 5) is 13.6. The van der Waals surface area contributed by atoms with Gasteiger partial charge in [-0.15, -0.1) is 0 Å². The number of non-ortho nitro benzene ring substituents is 1. The number of aromatic amines is 1. The molecule has 1 aromatic carbocycles. The summed E-state index contributed by atoms with van der Waals surface area (Å²) in [5, 5.41) is 41.9. The van der Waals surface area contributed by atoms with E-state index in [4.69, 9.17) is 9.47 Å². The van der Waals surface area contributed by atoms with Crippen molar-refractivity contribution in [1.82, 2.24) is 4.98 Å². The molecule has 136 valence electrons. The van der Waals surface area contributed by atoms with Crippen LogP contribution in [0.25, 0.3) is 10.9 Å². The van der Waals surface area contributed by atoms with E-state index in [9.17, 15) is 25.4 Å². The van der Waals surface area contributed by atoms with Crippen molar-refractivity contribution in [3.63, 3.8) is 0 Å². The smallest absolute Gasteiger partial charge is 0.270 e. The largest absolute Gasteiger partial charge is 0.394 e. The first kappa shape index (κ1) is 17.8. The fourth-order valence-electron chi connectivity index (χ4n) is 3.42. The highest BCUT2D eigenvalue weighted by molar-refractivity contribution is 5.86. The summed E-state index contributed by atoms with van der Waals surface area (Å²) in [6.07, 6.45) is -1.77. The third-order valence-corrected chi connectivity index (χ3v) is 4.73. The van der Waals surface area contributed by atoms with E-state index in [1.807, 2.05) is 0 Å². The Kier molecular flexibility index (Phi) is 4.76. The van der Waals surface area contributed by atoms with Crippen molar-refractivity contribution in [2.75, 3.05) is 20.3 Å². The third kappa shape index (κ3) is 2.79. The first-order valence-corrected chi connectivity index (χ1v) is 7.84. The molecular weight excluding hydrogens is 332 g/mol. The average molecular weight is 352 g/mol. The average Bonchev–Trinajstić information content (AvgIpc) is 3.14. The molecule has 0 bridgehead atoms. The van der Waals surface area contributed by atoms with E-state index >= 15 is 0 Å². The maximum Gasteiger partial charge on any atom is 0.270 e. The summed E-state index contributed by atoms with van der Waals surface area (Å²) in [5.41, 5.74) is -0.334. The molecule has 4 N–H and O–H groups in total. The second-order valence-electron chi connectivity index (χ2n) is 6.10. The van der Waals surface area contributed by atoms with Crippen LogP contribution in [0.1, 0.15) is 12.0 Å². The number of ether oxygens (including phenoxy) is 2. The number of aromatic nitrogens is 1. The molecule has 4 atom stereocenters. The second-order valence-corrected chi connectivity index (χ2v) is 6.10. The van der Waals surface area contributed by atoms with Crippen molar-refractivity contribution in [2.45, 2.75) is 30.3 Å². The minimum atomic E-state index is -1.35. The second kappa shape index (κ2) is 6.70. The SMILES string of the molecule is COCCC1(c2c[nH]c3ccc([N+](=O)[O-])cc23)O[C@H](CO)[C@@H](O)[C@H]1O. The van der Waals surface area contributed by atoms with Gasteiger partial charge in [-0.05, 0) is 6.07 Å². The Morgan fingerprint density at radius 3 is 2.80 bits per heavy atom. The zero-order chi connectivity index (χ0) is 18.2. The number of fused-ring (bicyclic) bond motifs is 1. The molecule has 0 aliphatic carbocycles. The van der Waals surface area contributed by atoms with Crippen molar-refractivity contribution in [3.8, 4) is 0 Å². The quantitative estimate of drug-likeness (QED) is 0.436. The molecule has 1 unspecified atom stereocenters. The number of H-pyrrole nitrogens is 1. The molecule has 0 radical (unpaired) electrons. The number of hydrogen-bond donors (Lipinski definition) is 4. The lowest BCUT2D eigenvalue weighted by Crippen LogP contribution is -2.41. The molecule has 0 spiro atoms. The molecule has 1 fully saturated rings. The topological polar surface area (TPSA) is 138 Å². The van der Waals surface area contributed by atoms with Gasteiger partial charge in [-0.1, -0.05) is 0 Å². The van der Waals surface area contributed by atoms with Crippen LogP contribution >= 0.6 is 0 Å². The van der Waals surface area contributed by atoms with Crippen molar-refractivity contribution < 1.29 is 29.7 Å². The van der Waals surface area contributed by atoms with Crippen LogP contribution in [0.15, 0.2) is 24.4 Å². The summed E-state index contributed by atoms with van der Waals surface area (Å²) in [6, 6.07) is 4.34. The van der Waals surface area contributed by atoms with E-state index < -0.39 is 35.4 Å². The maximum absolute atomic E-state index is 11.1. The van der Waals surface area contributed by atoms with Crippen LogP contribution < -0.4 is 0 Å². The van der Waals surface area contributed by atoms with Gasteiger partial charge in [-0.2, -0.15) is 0 Å². The van der Waals surface area contributed by atoms with Crippen LogP contribution in [0, 0.1) is 10.1 Å². The van der Waals surface area contributed by atoms with Crippen molar-refractivity contribution >= 4 is 16.6 Å². The minimum absolute atomic E-state index is 0.0954. The molecule has 1 aliphatic heterocycles. The van der Waals surface area contributed by atoms with Crippen molar-refractivity contribution in [3.05, 3.63) is 40.1 Å². The lowest BCUT2D eigenvalue weighted by atomic mass is 9.84. The highest BCUT2D eigenvalue weighted by Gasteiger charge is 2.55. The van der Waals surface area contributed by atoms with Gasteiger partial charge < -0.3 is 29.8 Å². The normalized spacial score (nSPS) is 29.4. The zero-order valence-corrected chi connectivity index (χ0v) is 13.6. The Balaban J connectivity index is 2.15. The number of methoxy groups -OCH3 is 1. The molecular formula is C16H20N2O7. The van der Waals surface area contributed by atoms with Gasteiger partial charge >= 0.3 is 0 Å². The fourth-order valence-corrected chi connectivity index (χ4v) is 3.42. The van der Waals surface area contributed by atoms with Gasteiger partial charge in [-0.25, -0.2) is 0 Å². The van der Waals surface area contributed by atoms with Gasteiger partial charge in [0, 0.05) is 54.9 Å². The molecule has 1 aromatic heterocycles. The fraction of sp³-hybridized carbons (Fsp3) is 0.500. The zero-order valence-electron chi connectivity index (χ0n) is 13.6. The number of nitrogens with zero attached hydrogens (tertiary/aromatic N) is 1. The molecule has 3 rings (SSSR count). The molecule has 0 amide bonds. The minimum Gasteiger partial charge on any atom is -0.394 e. The Morgan fingerprint density at radius 1 is 1.44 bits per heavy atom. The third-order valence-electron chi connectivity index (χ3n) is 4.73. The van der Waals surface area contributed by atoms with Gasteiger partial charge in [0.25, 0.3) is 5.69 Å². The summed E-state index contributed by atoms with van der Waals surface area (Å²) in [5.74, 6) is 0. The Bertz CT molecular complexity index is 777. The molecule has 25 heavy (non-hydrogen) atoms. The first-order chi connectivity index (χ1) is 11.9. The molecule has 1 aliphatic rings. The Labute approximate surface area is 142 Å². The highest BCUT2D eigenvalue weighted by Crippen LogP contribution is 2.45. The summed E-state index contributed by atoms with van der Waals surface area (Å²) >= 11 is 0. The number of aliphatic hydroxyl groups is 3. The first-order valence-electron chi connectivity index (χ1n) is 7.84. The highest BCUT2D eigenvalue weighted by atomic mass is 16.6. The maximum atomic E-state index is 11.1. The number of nitrogens with one attached hydrogen (secondary N) is 1. The van der Waals surface area contributed by atoms with Crippen LogP contribution in [0.2, 0.25) is 0 Å². The van der Waals surface area contributed by atoms with Crippen molar-refractivity contribution in [1.29, 1.82) is 0 Å². The van der Waals surface area contributed by atoms with Crippen LogP contribution in [-0.4, -0.2) is 63.9 Å². The molecule has 2 aromatic rings. The molecule has 9 nitrogen and oxygen atoms in total. The van der Waals surface area contributed by atoms with Crippen LogP contribution in [0.4, 0.5) is 5.69 Å². The standard InChI is InChI=1S/C16H20N2O7/c1-24-5-4-16(15(21)14(20)13(8-19)25-16)11-7-17-12-3-2-9(18(22)23)6-10(11)12/h2-3,6-7,13-15,17,19-21H,4-5,8H2,1H3/t13-,14-,15-,16?/m1/s1. The van der Waals surface area contributed by atoms with E-state index in [-0.39, 0.29) is 18.7 Å². The molecule has 9 heteroatoms. The summed E-state index contributed by atoms with van der Waals surface area (Å²) in [6.45, 7) is -0.237. The number of hydrogen-bond acceptors (Lipinski definition) is 7. The molecule has 0 saturated carbocycles. The summed E-state index contributed by atoms with van der Waals surface area (Å²) in [7, 11) is 1.50. The number of aliphatic hydroxyl groups excluding tert-OH is 3. The van der Waals surface area contributed by atoms with Crippen LogP contribution in [0.5, 0.6) is 0 Å². The van der Waals surface area contributed by atoms with Gasteiger partial charge in [0.1, 0.15) is 23.9 Å². The number of nitro groups is 1. The van der Waals surface area contributed by atoms with Gasteiger partial charge in [0.05, 0.1) is 11.5 Å². The van der Waals surface area contributed by atoms with E-state index in [0.29, 0.717) is 16.5 Å². The van der Waals surface area contributed by atoms with E-state index in [0.717, 1.165) is 0 Å². The number of nitro benzene ring substituents is 1. The van der Waals surface area contributed by atoms with Crippen LogP contribution in [0.3, 0.4) is 0 Å². The van der Waals surface area contributed by atoms with Gasteiger partial charge in [-0.3, -0.25) is 10.1 Å². The Hall–Kier alpha value is -2.04. The summed E-state index contributed by atoms with van der Waals surface area (Å²) < 4.78 is 11.0. The molecule has 1 saturated heterocycles. The predicted octanol–water partition coefficient (Wildman–Crippen LogP) is 0.421. The lowest BCUT2D eigenvalue weighted by molar-refractivity contribution is -0.384. The van der Waals surface area contributed by atoms with E-state index in [2.05, 4.69) is 4.98 Å². The van der Waals surface area contributed by atoms with Crippen molar-refractivity contribution in [2.24, 2.45) is 0 Å². The van der Waals surface area contributed by atoms with E-state index in [1.54, 1.807) is 12.3 Å². The monoisotopic (exact) mass is 352 g/mol. The number of benzene rings is 1. The number of rotatable bonds is 6. The van der Waals surface area contributed by atoms with Crippen LogP contribution in [-0.2, 0) is 15.1 Å². The molecule has 2 heterocycles. The van der Waals surface area contributed by atoms with Gasteiger partial charge in [0.2, 0.25) is 0 Å². The van der Waals surface area contributed by atoms with Gasteiger partial charge in [0.15, 0.2) is 0 Å².